The highest BCUT2D eigenvalue weighted by Gasteiger charge is 2.31. The maximum absolute atomic E-state index is 12.5. The molecule has 0 fully saturated rings. The zero-order valence-corrected chi connectivity index (χ0v) is 13.8. The average molecular weight is 349 g/mol. The highest BCUT2D eigenvalue weighted by molar-refractivity contribution is 9.10. The van der Waals surface area contributed by atoms with Gasteiger partial charge in [-0.15, -0.1) is 0 Å². The van der Waals surface area contributed by atoms with E-state index in [-0.39, 0.29) is 12.1 Å². The molecule has 2 aromatic rings. The number of nitrogens with one attached hydrogen (secondary N) is 1. The maximum atomic E-state index is 12.5. The molecule has 1 amide bonds. The van der Waals surface area contributed by atoms with Gasteiger partial charge in [-0.2, -0.15) is 5.10 Å². The Labute approximate surface area is 132 Å². The van der Waals surface area contributed by atoms with E-state index < -0.39 is 0 Å². The van der Waals surface area contributed by atoms with Gasteiger partial charge in [0.05, 0.1) is 11.8 Å². The van der Waals surface area contributed by atoms with Crippen LogP contribution in [0.4, 0.5) is 5.69 Å². The molecule has 1 atom stereocenters. The van der Waals surface area contributed by atoms with Crippen LogP contribution in [0.1, 0.15) is 42.0 Å². The Morgan fingerprint density at radius 1 is 1.38 bits per heavy atom. The molecule has 6 heteroatoms. The number of anilines is 1. The molecule has 1 aromatic heterocycles. The Bertz CT molecular complexity index is 695. The van der Waals surface area contributed by atoms with E-state index in [1.165, 1.54) is 0 Å². The summed E-state index contributed by atoms with van der Waals surface area (Å²) in [6, 6.07) is 5.99. The number of halogens is 1. The van der Waals surface area contributed by atoms with Crippen LogP contribution in [0.5, 0.6) is 0 Å². The largest absolute Gasteiger partial charge is 0.361 e. The fraction of sp³-hybridized carbons (Fsp3) is 0.333. The molecule has 2 heterocycles. The first-order chi connectivity index (χ1) is 9.97. The van der Waals surface area contributed by atoms with E-state index in [1.807, 2.05) is 35.3 Å². The van der Waals surface area contributed by atoms with Crippen LogP contribution in [0.3, 0.4) is 0 Å². The Morgan fingerprint density at radius 2 is 2.14 bits per heavy atom. The first kappa shape index (κ1) is 14.1. The number of amides is 1. The highest BCUT2D eigenvalue weighted by atomic mass is 79.9. The topological polar surface area (TPSA) is 50.2 Å². The minimum atomic E-state index is -0.196. The van der Waals surface area contributed by atoms with Crippen molar-refractivity contribution in [3.05, 3.63) is 46.2 Å². The smallest absolute Gasteiger partial charge is 0.257 e. The van der Waals surface area contributed by atoms with Crippen molar-refractivity contribution in [2.75, 3.05) is 12.4 Å². The van der Waals surface area contributed by atoms with E-state index >= 15 is 0 Å². The van der Waals surface area contributed by atoms with Gasteiger partial charge in [-0.1, -0.05) is 15.9 Å². The summed E-state index contributed by atoms with van der Waals surface area (Å²) in [4.78, 5) is 14.2. The summed E-state index contributed by atoms with van der Waals surface area (Å²) in [7, 11) is 1.80. The minimum Gasteiger partial charge on any atom is -0.361 e. The van der Waals surface area contributed by atoms with Crippen molar-refractivity contribution in [1.82, 2.24) is 14.7 Å². The molecular weight excluding hydrogens is 332 g/mol. The summed E-state index contributed by atoms with van der Waals surface area (Å²) in [6.45, 7) is 4.15. The Balaban J connectivity index is 1.98. The lowest BCUT2D eigenvalue weighted by molar-refractivity contribution is 0.0735. The van der Waals surface area contributed by atoms with Gasteiger partial charge in [0.25, 0.3) is 5.91 Å². The van der Waals surface area contributed by atoms with Crippen LogP contribution in [0.15, 0.2) is 35.1 Å². The molecule has 1 aromatic carbocycles. The van der Waals surface area contributed by atoms with Crippen molar-refractivity contribution in [2.45, 2.75) is 26.1 Å². The van der Waals surface area contributed by atoms with Gasteiger partial charge >= 0.3 is 0 Å². The highest BCUT2D eigenvalue weighted by Crippen LogP contribution is 2.33. The van der Waals surface area contributed by atoms with Gasteiger partial charge in [0.2, 0.25) is 0 Å². The SMILES string of the molecule is CC(C)n1cc(C2Nc3ccc(Br)cc3C(=O)N2C)cn1. The molecule has 0 aliphatic carbocycles. The van der Waals surface area contributed by atoms with E-state index in [0.717, 1.165) is 15.7 Å². The second kappa shape index (κ2) is 5.18. The third-order valence-electron chi connectivity index (χ3n) is 3.68. The number of nitrogens with zero attached hydrogens (tertiary/aromatic N) is 3. The number of carbonyl (C=O) groups is 1. The number of fused-ring (bicyclic) bond motifs is 1. The summed E-state index contributed by atoms with van der Waals surface area (Å²) in [5.41, 5.74) is 2.51. The normalized spacial score (nSPS) is 17.9. The first-order valence-electron chi connectivity index (χ1n) is 6.84. The van der Waals surface area contributed by atoms with Crippen molar-refractivity contribution in [2.24, 2.45) is 0 Å². The van der Waals surface area contributed by atoms with Crippen LogP contribution in [-0.2, 0) is 0 Å². The van der Waals surface area contributed by atoms with Gasteiger partial charge in [-0.3, -0.25) is 9.48 Å². The monoisotopic (exact) mass is 348 g/mol. The van der Waals surface area contributed by atoms with Gasteiger partial charge in [-0.25, -0.2) is 0 Å². The minimum absolute atomic E-state index is 0.00680. The van der Waals surface area contributed by atoms with Gasteiger partial charge in [0.1, 0.15) is 6.17 Å². The van der Waals surface area contributed by atoms with Crippen LogP contribution in [0, 0.1) is 0 Å². The van der Waals surface area contributed by atoms with Gasteiger partial charge < -0.3 is 10.2 Å². The molecule has 110 valence electrons. The number of carbonyl (C=O) groups excluding carboxylic acids is 1. The van der Waals surface area contributed by atoms with Crippen molar-refractivity contribution in [3.8, 4) is 0 Å². The molecule has 1 unspecified atom stereocenters. The number of hydrogen-bond acceptors (Lipinski definition) is 3. The summed E-state index contributed by atoms with van der Waals surface area (Å²) in [5, 5.41) is 7.76. The van der Waals surface area contributed by atoms with Crippen molar-refractivity contribution < 1.29 is 4.79 Å². The Morgan fingerprint density at radius 3 is 2.81 bits per heavy atom. The van der Waals surface area contributed by atoms with Gasteiger partial charge in [0.15, 0.2) is 0 Å². The molecular formula is C15H17BrN4O. The number of rotatable bonds is 2. The Hall–Kier alpha value is -1.82. The molecule has 5 nitrogen and oxygen atoms in total. The summed E-state index contributed by atoms with van der Waals surface area (Å²) >= 11 is 3.41. The molecule has 0 saturated heterocycles. The molecule has 0 spiro atoms. The standard InChI is InChI=1S/C15H17BrN4O/c1-9(2)20-8-10(7-17-20)14-18-13-5-4-11(16)6-12(13)15(21)19(14)3/h4-9,14,18H,1-3H3. The predicted octanol–water partition coefficient (Wildman–Crippen LogP) is 3.42. The molecule has 1 N–H and O–H groups in total. The lowest BCUT2D eigenvalue weighted by Gasteiger charge is -2.34. The van der Waals surface area contributed by atoms with Crippen LogP contribution in [0.25, 0.3) is 0 Å². The van der Waals surface area contributed by atoms with E-state index in [0.29, 0.717) is 11.6 Å². The summed E-state index contributed by atoms with van der Waals surface area (Å²) in [5.74, 6) is 0.00680. The molecule has 0 radical (unpaired) electrons. The summed E-state index contributed by atoms with van der Waals surface area (Å²) in [6.07, 6.45) is 3.60. The van der Waals surface area contributed by atoms with Crippen LogP contribution in [-0.4, -0.2) is 27.6 Å². The van der Waals surface area contributed by atoms with E-state index in [2.05, 4.69) is 40.2 Å². The second-order valence-corrected chi connectivity index (χ2v) is 6.42. The third-order valence-corrected chi connectivity index (χ3v) is 4.17. The van der Waals surface area contributed by atoms with Crippen LogP contribution < -0.4 is 5.32 Å². The molecule has 0 saturated carbocycles. The quantitative estimate of drug-likeness (QED) is 0.904. The summed E-state index contributed by atoms with van der Waals surface area (Å²) < 4.78 is 2.79. The Kier molecular flexibility index (Phi) is 3.49. The molecule has 1 aliphatic rings. The maximum Gasteiger partial charge on any atom is 0.257 e. The fourth-order valence-corrected chi connectivity index (χ4v) is 2.82. The molecule has 3 rings (SSSR count). The first-order valence-corrected chi connectivity index (χ1v) is 7.64. The van der Waals surface area contributed by atoms with E-state index in [9.17, 15) is 4.79 Å². The third kappa shape index (κ3) is 2.44. The van der Waals surface area contributed by atoms with Crippen molar-refractivity contribution in [3.63, 3.8) is 0 Å². The van der Waals surface area contributed by atoms with Gasteiger partial charge in [0, 0.05) is 35.0 Å². The lowest BCUT2D eigenvalue weighted by Crippen LogP contribution is -2.40. The molecule has 1 aliphatic heterocycles. The molecule has 0 bridgehead atoms. The van der Waals surface area contributed by atoms with E-state index in [1.54, 1.807) is 11.9 Å². The van der Waals surface area contributed by atoms with Crippen LogP contribution in [0.2, 0.25) is 0 Å². The second-order valence-electron chi connectivity index (χ2n) is 5.50. The number of hydrogen-bond donors (Lipinski definition) is 1. The number of benzene rings is 1. The van der Waals surface area contributed by atoms with E-state index in [4.69, 9.17) is 0 Å². The van der Waals surface area contributed by atoms with Crippen molar-refractivity contribution in [1.29, 1.82) is 0 Å². The molecule has 21 heavy (non-hydrogen) atoms. The van der Waals surface area contributed by atoms with Gasteiger partial charge in [-0.05, 0) is 32.0 Å². The fourth-order valence-electron chi connectivity index (χ4n) is 2.45. The van der Waals surface area contributed by atoms with Crippen molar-refractivity contribution >= 4 is 27.5 Å². The predicted molar refractivity (Wildman–Crippen MR) is 85.2 cm³/mol. The number of aromatic nitrogens is 2. The average Bonchev–Trinajstić information content (AvgIpc) is 2.93. The zero-order valence-electron chi connectivity index (χ0n) is 12.2. The zero-order chi connectivity index (χ0) is 15.1. The lowest BCUT2D eigenvalue weighted by atomic mass is 10.1. The van der Waals surface area contributed by atoms with Crippen LogP contribution >= 0.6 is 15.9 Å².